The average Bonchev–Trinajstić information content (AvgIpc) is 3.38. The molecule has 6 nitrogen and oxygen atoms in total. The van der Waals surface area contributed by atoms with Crippen LogP contribution in [0.1, 0.15) is 12.0 Å². The van der Waals surface area contributed by atoms with Crippen LogP contribution in [0.4, 0.5) is 5.69 Å². The molecule has 1 aliphatic rings. The lowest BCUT2D eigenvalue weighted by molar-refractivity contribution is -0.139. The summed E-state index contributed by atoms with van der Waals surface area (Å²) in [6.07, 6.45) is 0.470. The lowest BCUT2D eigenvalue weighted by Crippen LogP contribution is -2.37. The van der Waals surface area contributed by atoms with E-state index in [-0.39, 0.29) is 11.8 Å². The van der Waals surface area contributed by atoms with Gasteiger partial charge in [-0.3, -0.25) is 9.59 Å². The number of furan rings is 1. The number of carbonyl (C=O) groups excluding carboxylic acids is 2. The average molecular weight is 428 g/mol. The second kappa shape index (κ2) is 8.04. The quantitative estimate of drug-likeness (QED) is 0.436. The van der Waals surface area contributed by atoms with Crippen LogP contribution in [0.5, 0.6) is 5.75 Å². The topological polar surface area (TPSA) is 63.0 Å². The number of nitrogens with zero attached hydrogens (tertiary/aromatic N) is 2. The van der Waals surface area contributed by atoms with Gasteiger partial charge < -0.3 is 19.0 Å². The molecular weight excluding hydrogens is 404 g/mol. The molecule has 4 aromatic rings. The molecular formula is C26H24N2O4. The SMILES string of the molecule is COc1cc2c(cc1N1CC[C@H](C(=O)N(C)Cc3ccccc3)C1=O)oc1ccccc12. The van der Waals surface area contributed by atoms with Crippen LogP contribution >= 0.6 is 0 Å². The second-order valence-electron chi connectivity index (χ2n) is 8.13. The lowest BCUT2D eigenvalue weighted by Gasteiger charge is -2.22. The number of anilines is 1. The highest BCUT2D eigenvalue weighted by Gasteiger charge is 2.40. The molecule has 3 aromatic carbocycles. The van der Waals surface area contributed by atoms with Gasteiger partial charge in [-0.25, -0.2) is 0 Å². The number of carbonyl (C=O) groups is 2. The van der Waals surface area contributed by atoms with Crippen molar-refractivity contribution in [3.05, 3.63) is 72.3 Å². The van der Waals surface area contributed by atoms with Crippen molar-refractivity contribution >= 4 is 39.4 Å². The molecule has 0 saturated carbocycles. The zero-order valence-corrected chi connectivity index (χ0v) is 18.1. The summed E-state index contributed by atoms with van der Waals surface area (Å²) in [5.74, 6) is -0.475. The fourth-order valence-electron chi connectivity index (χ4n) is 4.46. The van der Waals surface area contributed by atoms with Crippen LogP contribution in [-0.4, -0.2) is 37.4 Å². The number of methoxy groups -OCH3 is 1. The van der Waals surface area contributed by atoms with Gasteiger partial charge in [0.05, 0.1) is 12.8 Å². The van der Waals surface area contributed by atoms with Gasteiger partial charge in [-0.2, -0.15) is 0 Å². The minimum Gasteiger partial charge on any atom is -0.495 e. The maximum atomic E-state index is 13.3. The van der Waals surface area contributed by atoms with Crippen molar-refractivity contribution in [2.24, 2.45) is 5.92 Å². The third-order valence-corrected chi connectivity index (χ3v) is 6.11. The lowest BCUT2D eigenvalue weighted by atomic mass is 10.1. The van der Waals surface area contributed by atoms with Crippen molar-refractivity contribution in [3.8, 4) is 5.75 Å². The van der Waals surface area contributed by atoms with Crippen molar-refractivity contribution in [1.82, 2.24) is 4.90 Å². The maximum Gasteiger partial charge on any atom is 0.239 e. The van der Waals surface area contributed by atoms with Gasteiger partial charge in [-0.05, 0) is 24.1 Å². The molecule has 2 amide bonds. The highest BCUT2D eigenvalue weighted by atomic mass is 16.5. The van der Waals surface area contributed by atoms with Gasteiger partial charge in [-0.1, -0.05) is 48.5 Å². The molecule has 6 heteroatoms. The van der Waals surface area contributed by atoms with Crippen LogP contribution in [0.25, 0.3) is 21.9 Å². The fraction of sp³-hybridized carbons (Fsp3) is 0.231. The fourth-order valence-corrected chi connectivity index (χ4v) is 4.46. The van der Waals surface area contributed by atoms with Crippen molar-refractivity contribution in [1.29, 1.82) is 0 Å². The number of amides is 2. The summed E-state index contributed by atoms with van der Waals surface area (Å²) in [7, 11) is 3.33. The molecule has 162 valence electrons. The molecule has 1 aromatic heterocycles. The van der Waals surface area contributed by atoms with Gasteiger partial charge in [0.2, 0.25) is 11.8 Å². The summed E-state index contributed by atoms with van der Waals surface area (Å²) < 4.78 is 11.6. The Kier molecular flexibility index (Phi) is 5.05. The monoisotopic (exact) mass is 428 g/mol. The number of rotatable bonds is 5. The Morgan fingerprint density at radius 2 is 1.81 bits per heavy atom. The number of fused-ring (bicyclic) bond motifs is 3. The number of benzene rings is 3. The molecule has 1 aliphatic heterocycles. The van der Waals surface area contributed by atoms with Gasteiger partial charge in [0.1, 0.15) is 22.8 Å². The van der Waals surface area contributed by atoms with E-state index in [0.717, 1.165) is 21.9 Å². The number of hydrogen-bond donors (Lipinski definition) is 0. The molecule has 0 unspecified atom stereocenters. The van der Waals surface area contributed by atoms with Crippen LogP contribution in [0.15, 0.2) is 71.1 Å². The largest absolute Gasteiger partial charge is 0.495 e. The molecule has 0 radical (unpaired) electrons. The molecule has 0 aliphatic carbocycles. The first-order valence-corrected chi connectivity index (χ1v) is 10.7. The molecule has 5 rings (SSSR count). The normalized spacial score (nSPS) is 16.1. The molecule has 1 saturated heterocycles. The van der Waals surface area contributed by atoms with Gasteiger partial charge in [0, 0.05) is 37.0 Å². The van der Waals surface area contributed by atoms with Gasteiger partial charge in [0.15, 0.2) is 0 Å². The molecule has 0 N–H and O–H groups in total. The number of para-hydroxylation sites is 1. The Morgan fingerprint density at radius 1 is 1.06 bits per heavy atom. The highest BCUT2D eigenvalue weighted by molar-refractivity contribution is 6.12. The Morgan fingerprint density at radius 3 is 2.59 bits per heavy atom. The van der Waals surface area contributed by atoms with Crippen molar-refractivity contribution < 1.29 is 18.7 Å². The van der Waals surface area contributed by atoms with Gasteiger partial charge in [0.25, 0.3) is 0 Å². The molecule has 1 fully saturated rings. The molecule has 0 bridgehead atoms. The summed E-state index contributed by atoms with van der Waals surface area (Å²) in [5.41, 5.74) is 3.13. The van der Waals surface area contributed by atoms with E-state index in [1.807, 2.05) is 66.7 Å². The Balaban J connectivity index is 1.42. The third kappa shape index (κ3) is 3.38. The van der Waals surface area contributed by atoms with Crippen molar-refractivity contribution in [3.63, 3.8) is 0 Å². The van der Waals surface area contributed by atoms with E-state index in [1.54, 1.807) is 24.0 Å². The van der Waals surface area contributed by atoms with Crippen LogP contribution in [0.3, 0.4) is 0 Å². The van der Waals surface area contributed by atoms with E-state index in [1.165, 1.54) is 0 Å². The highest BCUT2D eigenvalue weighted by Crippen LogP contribution is 2.40. The summed E-state index contributed by atoms with van der Waals surface area (Å²) in [6, 6.07) is 21.3. The summed E-state index contributed by atoms with van der Waals surface area (Å²) in [6.45, 7) is 0.925. The minimum absolute atomic E-state index is 0.162. The van der Waals surface area contributed by atoms with E-state index in [2.05, 4.69) is 0 Å². The Hall–Kier alpha value is -3.80. The van der Waals surface area contributed by atoms with E-state index >= 15 is 0 Å². The molecule has 2 heterocycles. The first-order valence-electron chi connectivity index (χ1n) is 10.7. The second-order valence-corrected chi connectivity index (χ2v) is 8.13. The first-order chi connectivity index (χ1) is 15.6. The smallest absolute Gasteiger partial charge is 0.239 e. The van der Waals surface area contributed by atoms with Crippen LogP contribution < -0.4 is 9.64 Å². The standard InChI is InChI=1S/C26H24N2O4/c1-27(16-17-8-4-3-5-9-17)25(29)19-12-13-28(26(19)30)21-15-23-20(14-24(21)31-2)18-10-6-7-11-22(18)32-23/h3-11,14-15,19H,12-13,16H2,1-2H3/t19-/m1/s1. The number of ether oxygens (including phenoxy) is 1. The zero-order chi connectivity index (χ0) is 22.2. The molecule has 0 spiro atoms. The first kappa shape index (κ1) is 20.1. The summed E-state index contributed by atoms with van der Waals surface area (Å²) in [4.78, 5) is 29.6. The van der Waals surface area contributed by atoms with Crippen molar-refractivity contribution in [2.75, 3.05) is 25.6 Å². The number of hydrogen-bond acceptors (Lipinski definition) is 4. The zero-order valence-electron chi connectivity index (χ0n) is 18.1. The van der Waals surface area contributed by atoms with Crippen molar-refractivity contribution in [2.45, 2.75) is 13.0 Å². The molecule has 1 atom stereocenters. The van der Waals surface area contributed by atoms with E-state index < -0.39 is 5.92 Å². The minimum atomic E-state index is -0.695. The summed E-state index contributed by atoms with van der Waals surface area (Å²) >= 11 is 0. The predicted octanol–water partition coefficient (Wildman–Crippen LogP) is 4.61. The van der Waals surface area contributed by atoms with Crippen LogP contribution in [0.2, 0.25) is 0 Å². The van der Waals surface area contributed by atoms with E-state index in [0.29, 0.717) is 36.5 Å². The van der Waals surface area contributed by atoms with E-state index in [9.17, 15) is 9.59 Å². The summed E-state index contributed by atoms with van der Waals surface area (Å²) in [5, 5.41) is 1.93. The van der Waals surface area contributed by atoms with Gasteiger partial charge in [-0.15, -0.1) is 0 Å². The maximum absolute atomic E-state index is 13.3. The Labute approximate surface area is 186 Å². The van der Waals surface area contributed by atoms with E-state index in [4.69, 9.17) is 9.15 Å². The third-order valence-electron chi connectivity index (χ3n) is 6.11. The Bertz CT molecular complexity index is 1310. The van der Waals surface area contributed by atoms with Crippen LogP contribution in [0, 0.1) is 5.92 Å². The molecule has 32 heavy (non-hydrogen) atoms. The van der Waals surface area contributed by atoms with Gasteiger partial charge >= 0.3 is 0 Å². The predicted molar refractivity (Wildman–Crippen MR) is 124 cm³/mol. The van der Waals surface area contributed by atoms with Crippen LogP contribution in [-0.2, 0) is 16.1 Å².